The molecule has 2 aliphatic carbocycles. The SMILES string of the molecule is Cc1cccc(COc2c(Cl)cc(C=NN3C(=O)[C@@H]4[C@H](C3=O)[C@H]3C=C[C@H]4C3)cc2[N+](=O)[O-])c1. The van der Waals surface area contributed by atoms with Gasteiger partial charge in [-0.25, -0.2) is 0 Å². The second-order valence-corrected chi connectivity index (χ2v) is 9.03. The molecule has 2 amide bonds. The van der Waals surface area contributed by atoms with Gasteiger partial charge in [0.15, 0.2) is 0 Å². The summed E-state index contributed by atoms with van der Waals surface area (Å²) in [5.41, 5.74) is 1.86. The number of allylic oxidation sites excluding steroid dienone is 2. The molecule has 0 spiro atoms. The molecule has 0 aromatic heterocycles. The fourth-order valence-corrected chi connectivity index (χ4v) is 5.31. The first-order valence-corrected chi connectivity index (χ1v) is 11.0. The van der Waals surface area contributed by atoms with Gasteiger partial charge in [0.1, 0.15) is 6.61 Å². The maximum atomic E-state index is 12.8. The number of nitrogens with zero attached hydrogens (tertiary/aromatic N) is 3. The smallest absolute Gasteiger partial charge is 0.313 e. The van der Waals surface area contributed by atoms with Crippen molar-refractivity contribution < 1.29 is 19.2 Å². The molecule has 4 atom stereocenters. The van der Waals surface area contributed by atoms with Crippen molar-refractivity contribution in [2.45, 2.75) is 20.0 Å². The van der Waals surface area contributed by atoms with Gasteiger partial charge < -0.3 is 4.74 Å². The summed E-state index contributed by atoms with van der Waals surface area (Å²) >= 11 is 6.31. The third-order valence-corrected chi connectivity index (χ3v) is 6.76. The highest BCUT2D eigenvalue weighted by atomic mass is 35.5. The Morgan fingerprint density at radius 2 is 1.88 bits per heavy atom. The number of aryl methyl sites for hydroxylation is 1. The van der Waals surface area contributed by atoms with E-state index in [1.54, 1.807) is 0 Å². The summed E-state index contributed by atoms with van der Waals surface area (Å²) in [6.45, 7) is 2.06. The summed E-state index contributed by atoms with van der Waals surface area (Å²) in [4.78, 5) is 36.6. The summed E-state index contributed by atoms with van der Waals surface area (Å²) in [6.07, 6.45) is 6.08. The minimum Gasteiger partial charge on any atom is -0.481 e. The summed E-state index contributed by atoms with van der Waals surface area (Å²) < 4.78 is 5.67. The van der Waals surface area contributed by atoms with Crippen molar-refractivity contribution in [1.82, 2.24) is 5.01 Å². The van der Waals surface area contributed by atoms with E-state index in [-0.39, 0.29) is 64.1 Å². The third kappa shape index (κ3) is 3.70. The second-order valence-electron chi connectivity index (χ2n) is 8.62. The molecule has 33 heavy (non-hydrogen) atoms. The van der Waals surface area contributed by atoms with E-state index in [0.29, 0.717) is 0 Å². The fraction of sp³-hybridized carbons (Fsp3) is 0.292. The van der Waals surface area contributed by atoms with Gasteiger partial charge in [-0.15, -0.1) is 0 Å². The van der Waals surface area contributed by atoms with Crippen molar-refractivity contribution in [3.8, 4) is 5.75 Å². The number of halogens is 1. The van der Waals surface area contributed by atoms with Crippen LogP contribution < -0.4 is 4.74 Å². The molecular weight excluding hydrogens is 446 g/mol. The number of ether oxygens (including phenoxy) is 1. The molecule has 0 radical (unpaired) electrons. The summed E-state index contributed by atoms with van der Waals surface area (Å²) in [5.74, 6) is -1.26. The second kappa shape index (κ2) is 8.12. The van der Waals surface area contributed by atoms with Crippen molar-refractivity contribution in [3.05, 3.63) is 80.4 Å². The van der Waals surface area contributed by atoms with Crippen LogP contribution in [0.4, 0.5) is 5.69 Å². The number of nitro groups is 1. The van der Waals surface area contributed by atoms with Gasteiger partial charge in [-0.3, -0.25) is 19.7 Å². The molecular formula is C24H20ClN3O5. The standard InChI is InChI=1S/C24H20ClN3O5/c1-13-3-2-4-14(7-13)12-33-22-18(25)8-15(9-19(22)28(31)32)11-26-27-23(29)20-16-5-6-17(10-16)21(20)24(27)30/h2-9,11,16-17,20-21H,10,12H2,1H3/t16-,17-,20-,21+/m0/s1. The van der Waals surface area contributed by atoms with E-state index in [4.69, 9.17) is 16.3 Å². The number of carbonyl (C=O) groups is 2. The van der Waals surface area contributed by atoms with Crippen LogP contribution in [0.25, 0.3) is 0 Å². The van der Waals surface area contributed by atoms with Gasteiger partial charge in [0.05, 0.1) is 28.0 Å². The molecule has 2 aromatic rings. The number of hydrogen-bond acceptors (Lipinski definition) is 6. The van der Waals surface area contributed by atoms with Crippen LogP contribution in [0.3, 0.4) is 0 Å². The van der Waals surface area contributed by atoms with Gasteiger partial charge >= 0.3 is 5.69 Å². The van der Waals surface area contributed by atoms with Crippen LogP contribution in [0.5, 0.6) is 5.75 Å². The summed E-state index contributed by atoms with van der Waals surface area (Å²) in [7, 11) is 0. The lowest BCUT2D eigenvalue weighted by Gasteiger charge is -2.13. The number of carbonyl (C=O) groups excluding carboxylic acids is 2. The molecule has 1 saturated heterocycles. The van der Waals surface area contributed by atoms with Crippen molar-refractivity contribution in [2.75, 3.05) is 0 Å². The molecule has 168 valence electrons. The average Bonchev–Trinajstić information content (AvgIpc) is 3.45. The quantitative estimate of drug-likeness (QED) is 0.208. The first kappa shape index (κ1) is 21.3. The molecule has 1 aliphatic heterocycles. The highest BCUT2D eigenvalue weighted by Gasteiger charge is 2.59. The lowest BCUT2D eigenvalue weighted by molar-refractivity contribution is -0.385. The molecule has 0 unspecified atom stereocenters. The van der Waals surface area contributed by atoms with Crippen molar-refractivity contribution >= 4 is 35.3 Å². The molecule has 8 nitrogen and oxygen atoms in total. The molecule has 2 fully saturated rings. The molecule has 1 heterocycles. The normalized spacial score (nSPS) is 25.3. The van der Waals surface area contributed by atoms with Crippen LogP contribution in [0.1, 0.15) is 23.1 Å². The summed E-state index contributed by atoms with van der Waals surface area (Å²) in [6, 6.07) is 10.3. The molecule has 9 heteroatoms. The lowest BCUT2D eigenvalue weighted by Crippen LogP contribution is -2.28. The Morgan fingerprint density at radius 1 is 1.18 bits per heavy atom. The largest absolute Gasteiger partial charge is 0.481 e. The van der Waals surface area contributed by atoms with Crippen molar-refractivity contribution in [2.24, 2.45) is 28.8 Å². The zero-order chi connectivity index (χ0) is 23.3. The van der Waals surface area contributed by atoms with E-state index in [1.165, 1.54) is 18.3 Å². The van der Waals surface area contributed by atoms with E-state index >= 15 is 0 Å². The van der Waals surface area contributed by atoms with Gasteiger partial charge in [-0.1, -0.05) is 53.6 Å². The van der Waals surface area contributed by atoms with E-state index in [1.807, 2.05) is 43.3 Å². The Balaban J connectivity index is 1.37. The topological polar surface area (TPSA) is 102 Å². The monoisotopic (exact) mass is 465 g/mol. The predicted molar refractivity (Wildman–Crippen MR) is 121 cm³/mol. The van der Waals surface area contributed by atoms with Gasteiger partial charge in [0, 0.05) is 11.6 Å². The van der Waals surface area contributed by atoms with E-state index in [0.717, 1.165) is 22.6 Å². The van der Waals surface area contributed by atoms with Crippen molar-refractivity contribution in [3.63, 3.8) is 0 Å². The molecule has 2 aromatic carbocycles. The molecule has 3 aliphatic rings. The first-order valence-electron chi connectivity index (χ1n) is 10.6. The third-order valence-electron chi connectivity index (χ3n) is 6.48. The zero-order valence-corrected chi connectivity index (χ0v) is 18.4. The molecule has 1 saturated carbocycles. The minimum atomic E-state index is -0.589. The highest BCUT2D eigenvalue weighted by Crippen LogP contribution is 2.52. The van der Waals surface area contributed by atoms with Crippen LogP contribution in [0, 0.1) is 40.7 Å². The van der Waals surface area contributed by atoms with Gasteiger partial charge in [0.25, 0.3) is 11.8 Å². The van der Waals surface area contributed by atoms with Crippen LogP contribution in [0.2, 0.25) is 5.02 Å². The Kier molecular flexibility index (Phi) is 5.25. The summed E-state index contributed by atoms with van der Waals surface area (Å²) in [5, 5.41) is 16.7. The number of benzene rings is 2. The van der Waals surface area contributed by atoms with Gasteiger partial charge in [-0.05, 0) is 36.8 Å². The van der Waals surface area contributed by atoms with Crippen LogP contribution in [0.15, 0.2) is 53.7 Å². The Labute approximate surface area is 194 Å². The van der Waals surface area contributed by atoms with E-state index < -0.39 is 4.92 Å². The zero-order valence-electron chi connectivity index (χ0n) is 17.7. The molecule has 0 N–H and O–H groups in total. The number of rotatable bonds is 6. The number of hydrogen-bond donors (Lipinski definition) is 0. The predicted octanol–water partition coefficient (Wildman–Crippen LogP) is 4.28. The Hall–Kier alpha value is -3.52. The van der Waals surface area contributed by atoms with Gasteiger partial charge in [0.2, 0.25) is 5.75 Å². The van der Waals surface area contributed by atoms with Crippen molar-refractivity contribution in [1.29, 1.82) is 0 Å². The minimum absolute atomic E-state index is 0.0384. The Morgan fingerprint density at radius 3 is 2.52 bits per heavy atom. The Bertz CT molecular complexity index is 1210. The highest BCUT2D eigenvalue weighted by molar-refractivity contribution is 6.32. The van der Waals surface area contributed by atoms with Crippen LogP contribution in [-0.4, -0.2) is 28.0 Å². The lowest BCUT2D eigenvalue weighted by atomic mass is 9.85. The first-order chi connectivity index (χ1) is 15.8. The number of fused-ring (bicyclic) bond motifs is 5. The number of hydrazone groups is 1. The number of imide groups is 1. The average molecular weight is 466 g/mol. The molecule has 5 rings (SSSR count). The van der Waals surface area contributed by atoms with Gasteiger partial charge in [-0.2, -0.15) is 10.1 Å². The van der Waals surface area contributed by atoms with E-state index in [2.05, 4.69) is 5.10 Å². The van der Waals surface area contributed by atoms with E-state index in [9.17, 15) is 19.7 Å². The maximum absolute atomic E-state index is 12.8. The maximum Gasteiger partial charge on any atom is 0.313 e. The van der Waals surface area contributed by atoms with Crippen LogP contribution in [-0.2, 0) is 16.2 Å². The number of amides is 2. The fourth-order valence-electron chi connectivity index (χ4n) is 5.03. The van der Waals surface area contributed by atoms with Crippen LogP contribution >= 0.6 is 11.6 Å². The molecule has 2 bridgehead atoms. The number of nitro benzene ring substituents is 1.